The van der Waals surface area contributed by atoms with E-state index in [1.54, 1.807) is 22.5 Å². The quantitative estimate of drug-likeness (QED) is 0.622. The van der Waals surface area contributed by atoms with Gasteiger partial charge in [-0.15, -0.1) is 0 Å². The predicted molar refractivity (Wildman–Crippen MR) is 101 cm³/mol. The highest BCUT2D eigenvalue weighted by Crippen LogP contribution is 2.26. The lowest BCUT2D eigenvalue weighted by atomic mass is 10.1. The fourth-order valence-electron chi connectivity index (χ4n) is 2.50. The molecule has 3 aromatic rings. The Hall–Kier alpha value is -2.03. The largest absolute Gasteiger partial charge is 0.364 e. The van der Waals surface area contributed by atoms with Crippen molar-refractivity contribution in [3.05, 3.63) is 58.2 Å². The standard InChI is InChI=1S/C16H15BrN6S/c17-12-8-20-23-14(19-7-11-9-24-16(18)21-11)6-13(22-15(12)23)10-4-2-1-3-5-10/h1-6,8-9,16,19,21H,7,18H2. The molecule has 1 aliphatic rings. The second-order valence-corrected chi connectivity index (χ2v) is 7.19. The highest BCUT2D eigenvalue weighted by atomic mass is 79.9. The Morgan fingerprint density at radius 1 is 1.33 bits per heavy atom. The number of fused-ring (bicyclic) bond motifs is 1. The topological polar surface area (TPSA) is 80.3 Å². The van der Waals surface area contributed by atoms with Gasteiger partial charge in [-0.25, -0.2) is 4.98 Å². The number of aromatic nitrogens is 3. The molecule has 0 saturated heterocycles. The van der Waals surface area contributed by atoms with E-state index >= 15 is 0 Å². The van der Waals surface area contributed by atoms with Crippen molar-refractivity contribution < 1.29 is 0 Å². The van der Waals surface area contributed by atoms with Gasteiger partial charge in [0.15, 0.2) is 5.65 Å². The molecule has 1 unspecified atom stereocenters. The Morgan fingerprint density at radius 3 is 2.92 bits per heavy atom. The number of hydrogen-bond donors (Lipinski definition) is 3. The fraction of sp³-hybridized carbons (Fsp3) is 0.125. The van der Waals surface area contributed by atoms with Gasteiger partial charge in [-0.1, -0.05) is 42.1 Å². The third-order valence-electron chi connectivity index (χ3n) is 3.64. The average Bonchev–Trinajstić information content (AvgIpc) is 3.19. The molecular formula is C16H15BrN6S. The Bertz CT molecular complexity index is 908. The Labute approximate surface area is 151 Å². The number of hydrogen-bond acceptors (Lipinski definition) is 6. The molecule has 0 saturated carbocycles. The molecule has 122 valence electrons. The van der Waals surface area contributed by atoms with Gasteiger partial charge < -0.3 is 16.4 Å². The number of nitrogens with two attached hydrogens (primary N) is 1. The SMILES string of the molecule is NC1NC(CNc2cc(-c3ccccc3)nc3c(Br)cnn23)=CS1. The average molecular weight is 403 g/mol. The zero-order chi connectivity index (χ0) is 16.5. The lowest BCUT2D eigenvalue weighted by molar-refractivity contribution is 0.777. The van der Waals surface area contributed by atoms with E-state index < -0.39 is 0 Å². The summed E-state index contributed by atoms with van der Waals surface area (Å²) in [7, 11) is 0. The maximum Gasteiger partial charge on any atom is 0.172 e. The molecule has 0 bridgehead atoms. The van der Waals surface area contributed by atoms with Crippen molar-refractivity contribution in [2.24, 2.45) is 5.73 Å². The molecule has 0 radical (unpaired) electrons. The van der Waals surface area contributed by atoms with Crippen molar-refractivity contribution in [2.75, 3.05) is 11.9 Å². The van der Waals surface area contributed by atoms with Crippen LogP contribution in [0, 0.1) is 0 Å². The Morgan fingerprint density at radius 2 is 2.17 bits per heavy atom. The molecule has 4 N–H and O–H groups in total. The minimum atomic E-state index is -0.0713. The highest BCUT2D eigenvalue weighted by Gasteiger charge is 2.14. The van der Waals surface area contributed by atoms with E-state index in [1.807, 2.05) is 41.8 Å². The molecule has 8 heteroatoms. The fourth-order valence-corrected chi connectivity index (χ4v) is 3.53. The normalized spacial score (nSPS) is 16.9. The van der Waals surface area contributed by atoms with Crippen molar-refractivity contribution in [1.29, 1.82) is 0 Å². The summed E-state index contributed by atoms with van der Waals surface area (Å²) in [4.78, 5) is 4.72. The van der Waals surface area contributed by atoms with Crippen molar-refractivity contribution in [2.45, 2.75) is 5.50 Å². The van der Waals surface area contributed by atoms with Gasteiger partial charge in [-0.2, -0.15) is 9.61 Å². The van der Waals surface area contributed by atoms with Gasteiger partial charge >= 0.3 is 0 Å². The molecule has 0 aliphatic carbocycles. The van der Waals surface area contributed by atoms with Gasteiger partial charge in [0, 0.05) is 17.3 Å². The zero-order valence-electron chi connectivity index (χ0n) is 12.6. The molecule has 2 aromatic heterocycles. The molecule has 0 spiro atoms. The Balaban J connectivity index is 1.70. The molecule has 24 heavy (non-hydrogen) atoms. The molecule has 0 amide bonds. The summed E-state index contributed by atoms with van der Waals surface area (Å²) in [6.07, 6.45) is 1.75. The van der Waals surface area contributed by atoms with E-state index in [2.05, 4.69) is 31.7 Å². The minimum Gasteiger partial charge on any atom is -0.364 e. The highest BCUT2D eigenvalue weighted by molar-refractivity contribution is 9.10. The van der Waals surface area contributed by atoms with Gasteiger partial charge in [-0.05, 0) is 21.3 Å². The van der Waals surface area contributed by atoms with E-state index in [-0.39, 0.29) is 5.50 Å². The first-order valence-electron chi connectivity index (χ1n) is 7.41. The van der Waals surface area contributed by atoms with Crippen LogP contribution in [0.2, 0.25) is 0 Å². The predicted octanol–water partition coefficient (Wildman–Crippen LogP) is 2.99. The van der Waals surface area contributed by atoms with Crippen LogP contribution in [0.15, 0.2) is 58.2 Å². The van der Waals surface area contributed by atoms with E-state index in [0.717, 1.165) is 32.9 Å². The van der Waals surface area contributed by atoms with Crippen LogP contribution in [-0.2, 0) is 0 Å². The lowest BCUT2D eigenvalue weighted by Gasteiger charge is -2.12. The van der Waals surface area contributed by atoms with Crippen molar-refractivity contribution in [3.8, 4) is 11.3 Å². The van der Waals surface area contributed by atoms with Gasteiger partial charge in [0.2, 0.25) is 0 Å². The molecule has 1 atom stereocenters. The zero-order valence-corrected chi connectivity index (χ0v) is 15.0. The van der Waals surface area contributed by atoms with E-state index in [1.165, 1.54) is 0 Å². The van der Waals surface area contributed by atoms with Crippen LogP contribution in [0.25, 0.3) is 16.9 Å². The summed E-state index contributed by atoms with van der Waals surface area (Å²) < 4.78 is 2.65. The number of benzene rings is 1. The third kappa shape index (κ3) is 3.00. The maximum absolute atomic E-state index is 5.83. The monoisotopic (exact) mass is 402 g/mol. The van der Waals surface area contributed by atoms with Crippen LogP contribution >= 0.6 is 27.7 Å². The van der Waals surface area contributed by atoms with Crippen LogP contribution in [0.5, 0.6) is 0 Å². The van der Waals surface area contributed by atoms with Gasteiger partial charge in [-0.3, -0.25) is 0 Å². The van der Waals surface area contributed by atoms with Gasteiger partial charge in [0.1, 0.15) is 11.3 Å². The van der Waals surface area contributed by atoms with E-state index in [0.29, 0.717) is 6.54 Å². The van der Waals surface area contributed by atoms with Gasteiger partial charge in [0.05, 0.1) is 22.9 Å². The molecule has 3 heterocycles. The second-order valence-electron chi connectivity index (χ2n) is 5.32. The minimum absolute atomic E-state index is 0.0713. The second kappa shape index (κ2) is 6.46. The molecule has 1 aromatic carbocycles. The molecule has 4 rings (SSSR count). The van der Waals surface area contributed by atoms with Crippen molar-refractivity contribution in [3.63, 3.8) is 0 Å². The number of halogens is 1. The summed E-state index contributed by atoms with van der Waals surface area (Å²) in [6.45, 7) is 0.644. The first-order chi connectivity index (χ1) is 11.7. The van der Waals surface area contributed by atoms with Crippen LogP contribution in [0.4, 0.5) is 5.82 Å². The number of nitrogens with zero attached hydrogens (tertiary/aromatic N) is 3. The van der Waals surface area contributed by atoms with Crippen molar-refractivity contribution >= 4 is 39.2 Å². The first-order valence-corrected chi connectivity index (χ1v) is 9.14. The lowest BCUT2D eigenvalue weighted by Crippen LogP contribution is -2.31. The van der Waals surface area contributed by atoms with Crippen LogP contribution in [-0.4, -0.2) is 26.6 Å². The van der Waals surface area contributed by atoms with Crippen LogP contribution in [0.1, 0.15) is 0 Å². The molecular weight excluding hydrogens is 388 g/mol. The third-order valence-corrected chi connectivity index (χ3v) is 5.03. The summed E-state index contributed by atoms with van der Waals surface area (Å²) in [5.74, 6) is 0.873. The molecule has 6 nitrogen and oxygen atoms in total. The van der Waals surface area contributed by atoms with E-state index in [9.17, 15) is 0 Å². The number of nitrogens with one attached hydrogen (secondary N) is 2. The van der Waals surface area contributed by atoms with Gasteiger partial charge in [0.25, 0.3) is 0 Å². The number of thioether (sulfide) groups is 1. The van der Waals surface area contributed by atoms with Crippen LogP contribution < -0.4 is 16.4 Å². The summed E-state index contributed by atoms with van der Waals surface area (Å²) >= 11 is 5.09. The maximum atomic E-state index is 5.83. The number of anilines is 1. The first kappa shape index (κ1) is 15.5. The van der Waals surface area contributed by atoms with E-state index in [4.69, 9.17) is 10.7 Å². The number of rotatable bonds is 4. The van der Waals surface area contributed by atoms with Crippen molar-refractivity contribution in [1.82, 2.24) is 19.9 Å². The molecule has 1 aliphatic heterocycles. The Kier molecular flexibility index (Phi) is 4.17. The smallest absolute Gasteiger partial charge is 0.172 e. The molecule has 0 fully saturated rings. The summed E-state index contributed by atoms with van der Waals surface area (Å²) in [5.41, 5.74) is 9.55. The summed E-state index contributed by atoms with van der Waals surface area (Å²) in [5, 5.41) is 13.0. The van der Waals surface area contributed by atoms with Crippen LogP contribution in [0.3, 0.4) is 0 Å². The summed E-state index contributed by atoms with van der Waals surface area (Å²) in [6, 6.07) is 12.1.